The molecule has 4 nitrogen and oxygen atoms in total. The lowest BCUT2D eigenvalue weighted by Gasteiger charge is -2.09. The predicted molar refractivity (Wildman–Crippen MR) is 89.3 cm³/mol. The Morgan fingerprint density at radius 1 is 1.22 bits per heavy atom. The molecule has 0 amide bonds. The minimum absolute atomic E-state index is 0.239. The number of methoxy groups -OCH3 is 1. The first kappa shape index (κ1) is 16.6. The Labute approximate surface area is 139 Å². The lowest BCUT2D eigenvalue weighted by atomic mass is 10.0. The van der Waals surface area contributed by atoms with Gasteiger partial charge < -0.3 is 9.47 Å². The van der Waals surface area contributed by atoms with Gasteiger partial charge in [0.2, 0.25) is 0 Å². The molecular formula is C18H14ClNO3. The molecule has 0 radical (unpaired) electrons. The summed E-state index contributed by atoms with van der Waals surface area (Å²) in [6.07, 6.45) is 1.74. The number of nitriles is 1. The van der Waals surface area contributed by atoms with E-state index in [1.165, 1.54) is 7.11 Å². The van der Waals surface area contributed by atoms with Crippen LogP contribution in [0.15, 0.2) is 48.5 Å². The molecular weight excluding hydrogens is 314 g/mol. The smallest absolute Gasteiger partial charge is 0.326 e. The van der Waals surface area contributed by atoms with Crippen molar-refractivity contribution < 1.29 is 14.3 Å². The molecule has 0 saturated carbocycles. The van der Waals surface area contributed by atoms with Crippen molar-refractivity contribution in [2.45, 2.75) is 0 Å². The highest BCUT2D eigenvalue weighted by molar-refractivity contribution is 6.26. The van der Waals surface area contributed by atoms with Crippen molar-refractivity contribution in [3.8, 4) is 17.6 Å². The maximum atomic E-state index is 11.3. The normalized spacial score (nSPS) is 10.7. The van der Waals surface area contributed by atoms with E-state index in [1.807, 2.05) is 30.3 Å². The number of carbonyl (C=O) groups excluding carboxylic acids is 1. The van der Waals surface area contributed by atoms with Gasteiger partial charge in [0.05, 0.1) is 18.8 Å². The van der Waals surface area contributed by atoms with Crippen LogP contribution in [-0.4, -0.2) is 19.0 Å². The fourth-order valence-corrected chi connectivity index (χ4v) is 2.03. The van der Waals surface area contributed by atoms with Crippen LogP contribution in [0.3, 0.4) is 0 Å². The van der Waals surface area contributed by atoms with Crippen LogP contribution >= 0.6 is 11.6 Å². The highest BCUT2D eigenvalue weighted by Crippen LogP contribution is 2.30. The summed E-state index contributed by atoms with van der Waals surface area (Å²) < 4.78 is 10.3. The van der Waals surface area contributed by atoms with Gasteiger partial charge in [-0.15, -0.1) is 11.6 Å². The van der Waals surface area contributed by atoms with Crippen molar-refractivity contribution in [2.24, 2.45) is 0 Å². The molecule has 0 bridgehead atoms. The van der Waals surface area contributed by atoms with Gasteiger partial charge in [0.1, 0.15) is 5.88 Å². The largest absolute Gasteiger partial charge is 0.493 e. The Morgan fingerprint density at radius 2 is 1.96 bits per heavy atom. The van der Waals surface area contributed by atoms with E-state index in [0.29, 0.717) is 11.3 Å². The van der Waals surface area contributed by atoms with Crippen LogP contribution in [0.5, 0.6) is 11.5 Å². The first-order chi connectivity index (χ1) is 11.2. The topological polar surface area (TPSA) is 59.3 Å². The van der Waals surface area contributed by atoms with Gasteiger partial charge >= 0.3 is 5.97 Å². The van der Waals surface area contributed by atoms with Gasteiger partial charge in [0, 0.05) is 0 Å². The lowest BCUT2D eigenvalue weighted by Crippen LogP contribution is -2.09. The van der Waals surface area contributed by atoms with Crippen molar-refractivity contribution >= 4 is 29.2 Å². The van der Waals surface area contributed by atoms with Crippen molar-refractivity contribution in [1.82, 2.24) is 0 Å². The number of ether oxygens (including phenoxy) is 2. The molecule has 0 fully saturated rings. The van der Waals surface area contributed by atoms with E-state index in [9.17, 15) is 10.1 Å². The summed E-state index contributed by atoms with van der Waals surface area (Å²) in [5.74, 6) is -0.122. The summed E-state index contributed by atoms with van der Waals surface area (Å²) >= 11 is 5.42. The van der Waals surface area contributed by atoms with Gasteiger partial charge in [-0.05, 0) is 29.3 Å². The van der Waals surface area contributed by atoms with Crippen molar-refractivity contribution in [3.63, 3.8) is 0 Å². The summed E-state index contributed by atoms with van der Waals surface area (Å²) in [6, 6.07) is 16.6. The quantitative estimate of drug-likeness (QED) is 0.275. The highest BCUT2D eigenvalue weighted by atomic mass is 35.5. The number of halogens is 1. The molecule has 0 aliphatic carbocycles. The van der Waals surface area contributed by atoms with Crippen LogP contribution in [0.2, 0.25) is 0 Å². The molecule has 2 aromatic carbocycles. The monoisotopic (exact) mass is 327 g/mol. The fourth-order valence-electron chi connectivity index (χ4n) is 1.97. The molecule has 0 heterocycles. The molecule has 23 heavy (non-hydrogen) atoms. The minimum Gasteiger partial charge on any atom is -0.493 e. The zero-order valence-electron chi connectivity index (χ0n) is 12.5. The zero-order chi connectivity index (χ0) is 16.7. The van der Waals surface area contributed by atoms with E-state index in [2.05, 4.69) is 6.07 Å². The van der Waals surface area contributed by atoms with E-state index in [4.69, 9.17) is 21.1 Å². The van der Waals surface area contributed by atoms with Crippen LogP contribution in [0.1, 0.15) is 11.1 Å². The molecule has 5 heteroatoms. The molecule has 0 atom stereocenters. The third kappa shape index (κ3) is 4.35. The molecule has 0 aliphatic heterocycles. The van der Waals surface area contributed by atoms with Crippen LogP contribution in [-0.2, 0) is 4.79 Å². The summed E-state index contributed by atoms with van der Waals surface area (Å²) in [5, 5.41) is 9.34. The van der Waals surface area contributed by atoms with Gasteiger partial charge in [0.15, 0.2) is 11.5 Å². The SMILES string of the molecule is COc1cc(/C=C(\C#N)c2ccccc2)ccc1OC(=O)CCl. The van der Waals surface area contributed by atoms with Crippen molar-refractivity contribution in [1.29, 1.82) is 5.26 Å². The second-order valence-corrected chi connectivity index (χ2v) is 4.82. The fraction of sp³-hybridized carbons (Fsp3) is 0.111. The molecule has 0 N–H and O–H groups in total. The molecule has 116 valence electrons. The van der Waals surface area contributed by atoms with Gasteiger partial charge in [-0.25, -0.2) is 0 Å². The molecule has 0 aromatic heterocycles. The molecule has 2 rings (SSSR count). The van der Waals surface area contributed by atoms with Gasteiger partial charge in [0.25, 0.3) is 0 Å². The average molecular weight is 328 g/mol. The van der Waals surface area contributed by atoms with Crippen molar-refractivity contribution in [3.05, 3.63) is 59.7 Å². The van der Waals surface area contributed by atoms with Gasteiger partial charge in [-0.3, -0.25) is 4.79 Å². The van der Waals surface area contributed by atoms with Gasteiger partial charge in [-0.1, -0.05) is 36.4 Å². The number of alkyl halides is 1. The Balaban J connectivity index is 2.35. The molecule has 0 aliphatic rings. The maximum Gasteiger partial charge on any atom is 0.326 e. The number of carbonyl (C=O) groups is 1. The minimum atomic E-state index is -0.560. The molecule has 0 spiro atoms. The van der Waals surface area contributed by atoms with E-state index in [0.717, 1.165) is 11.1 Å². The predicted octanol–water partition coefficient (Wildman–Crippen LogP) is 3.90. The standard InChI is InChI=1S/C18H14ClNO3/c1-22-17-10-13(7-8-16(17)23-18(21)11-19)9-15(12-20)14-5-3-2-4-6-14/h2-10H,11H2,1H3/b15-9+. The Hall–Kier alpha value is -2.77. The summed E-state index contributed by atoms with van der Waals surface area (Å²) in [6.45, 7) is 0. The third-order valence-electron chi connectivity index (χ3n) is 3.04. The third-order valence-corrected chi connectivity index (χ3v) is 3.26. The highest BCUT2D eigenvalue weighted by Gasteiger charge is 2.10. The van der Waals surface area contributed by atoms with Crippen molar-refractivity contribution in [2.75, 3.05) is 13.0 Å². The Kier molecular flexibility index (Phi) is 5.79. The number of hydrogen-bond donors (Lipinski definition) is 0. The first-order valence-corrected chi connectivity index (χ1v) is 7.33. The number of allylic oxidation sites excluding steroid dienone is 1. The van der Waals surface area contributed by atoms with Crippen LogP contribution < -0.4 is 9.47 Å². The second-order valence-electron chi connectivity index (χ2n) is 4.55. The second kappa shape index (κ2) is 8.02. The zero-order valence-corrected chi connectivity index (χ0v) is 13.2. The first-order valence-electron chi connectivity index (χ1n) is 6.80. The Morgan fingerprint density at radius 3 is 2.57 bits per heavy atom. The van der Waals surface area contributed by atoms with Crippen LogP contribution in [0.25, 0.3) is 11.6 Å². The van der Waals surface area contributed by atoms with Crippen LogP contribution in [0, 0.1) is 11.3 Å². The summed E-state index contributed by atoms with van der Waals surface area (Å²) in [4.78, 5) is 11.3. The number of esters is 1. The van der Waals surface area contributed by atoms with E-state index < -0.39 is 5.97 Å². The number of benzene rings is 2. The summed E-state index contributed by atoms with van der Waals surface area (Å²) in [7, 11) is 1.48. The molecule has 2 aromatic rings. The Bertz CT molecular complexity index is 764. The number of rotatable bonds is 5. The van der Waals surface area contributed by atoms with E-state index in [-0.39, 0.29) is 11.6 Å². The van der Waals surface area contributed by atoms with Crippen LogP contribution in [0.4, 0.5) is 0 Å². The van der Waals surface area contributed by atoms with Gasteiger partial charge in [-0.2, -0.15) is 5.26 Å². The number of hydrogen-bond acceptors (Lipinski definition) is 4. The maximum absolute atomic E-state index is 11.3. The molecule has 0 unspecified atom stereocenters. The molecule has 0 saturated heterocycles. The van der Waals surface area contributed by atoms with E-state index >= 15 is 0 Å². The van der Waals surface area contributed by atoms with E-state index in [1.54, 1.807) is 24.3 Å². The lowest BCUT2D eigenvalue weighted by molar-refractivity contribution is -0.131. The summed E-state index contributed by atoms with van der Waals surface area (Å²) in [5.41, 5.74) is 2.11. The number of nitrogens with zero attached hydrogens (tertiary/aromatic N) is 1. The average Bonchev–Trinajstić information content (AvgIpc) is 2.61.